The molecule has 0 unspecified atom stereocenters. The number of nitro groups is 1. The molecule has 0 radical (unpaired) electrons. The summed E-state index contributed by atoms with van der Waals surface area (Å²) in [5.41, 5.74) is 4.63. The fourth-order valence-electron chi connectivity index (χ4n) is 1.85. The van der Waals surface area contributed by atoms with Crippen molar-refractivity contribution in [2.45, 2.75) is 11.8 Å². The van der Waals surface area contributed by atoms with Crippen molar-refractivity contribution in [1.82, 2.24) is 10.9 Å². The second kappa shape index (κ2) is 6.97. The quantitative estimate of drug-likeness (QED) is 0.503. The summed E-state index contributed by atoms with van der Waals surface area (Å²) in [7, 11) is 0. The first kappa shape index (κ1) is 16.6. The predicted octanol–water partition coefficient (Wildman–Crippen LogP) is 2.29. The maximum Gasteiger partial charge on any atom is 0.283 e. The average molecular weight is 335 g/mol. The highest BCUT2D eigenvalue weighted by molar-refractivity contribution is 7.98. The van der Waals surface area contributed by atoms with Crippen molar-refractivity contribution in [3.63, 3.8) is 0 Å². The predicted molar refractivity (Wildman–Crippen MR) is 83.3 cm³/mol. The van der Waals surface area contributed by atoms with Crippen molar-refractivity contribution < 1.29 is 18.9 Å². The summed E-state index contributed by atoms with van der Waals surface area (Å²) in [5.74, 6) is -0.785. The van der Waals surface area contributed by atoms with E-state index in [1.54, 1.807) is 13.2 Å². The molecule has 2 amide bonds. The molecular weight excluding hydrogens is 322 g/mol. The molecule has 0 aliphatic rings. The third-order valence-corrected chi connectivity index (χ3v) is 3.82. The molecule has 0 saturated carbocycles. The Morgan fingerprint density at radius 3 is 2.48 bits per heavy atom. The maximum atomic E-state index is 12.0. The Bertz CT molecular complexity index is 772. The second-order valence-corrected chi connectivity index (χ2v) is 5.29. The standard InChI is InChI=1S/C14H13N3O5S/c1-8-10(5-6-22-8)14(19)16-15-13(18)9-3-4-12(23-2)11(7-9)17(20)21/h3-7H,1-2H3,(H,15,18)(H,16,19). The summed E-state index contributed by atoms with van der Waals surface area (Å²) in [6.07, 6.45) is 3.06. The van der Waals surface area contributed by atoms with Crippen molar-refractivity contribution in [2.24, 2.45) is 0 Å². The number of thioether (sulfide) groups is 1. The fraction of sp³-hybridized carbons (Fsp3) is 0.143. The zero-order valence-electron chi connectivity index (χ0n) is 12.3. The Morgan fingerprint density at radius 1 is 1.22 bits per heavy atom. The highest BCUT2D eigenvalue weighted by Crippen LogP contribution is 2.28. The van der Waals surface area contributed by atoms with E-state index < -0.39 is 16.7 Å². The summed E-state index contributed by atoms with van der Waals surface area (Å²) in [5, 5.41) is 11.0. The van der Waals surface area contributed by atoms with Crippen LogP contribution in [0.1, 0.15) is 26.5 Å². The number of hydrazine groups is 1. The zero-order valence-corrected chi connectivity index (χ0v) is 13.1. The van der Waals surface area contributed by atoms with E-state index >= 15 is 0 Å². The van der Waals surface area contributed by atoms with Gasteiger partial charge in [-0.3, -0.25) is 30.6 Å². The Balaban J connectivity index is 2.09. The smallest absolute Gasteiger partial charge is 0.283 e. The Kier molecular flexibility index (Phi) is 5.02. The minimum atomic E-state index is -0.657. The van der Waals surface area contributed by atoms with Crippen molar-refractivity contribution in [3.05, 3.63) is 57.5 Å². The number of nitro benzene ring substituents is 1. The molecule has 2 N–H and O–H groups in total. The van der Waals surface area contributed by atoms with E-state index in [1.807, 2.05) is 0 Å². The lowest BCUT2D eigenvalue weighted by Gasteiger charge is -2.07. The van der Waals surface area contributed by atoms with Gasteiger partial charge in [-0.2, -0.15) is 0 Å². The molecule has 1 aromatic heterocycles. The van der Waals surface area contributed by atoms with Gasteiger partial charge in [0.15, 0.2) is 0 Å². The molecule has 0 saturated heterocycles. The lowest BCUT2D eigenvalue weighted by atomic mass is 10.2. The second-order valence-electron chi connectivity index (χ2n) is 4.44. The summed E-state index contributed by atoms with van der Waals surface area (Å²) in [4.78, 5) is 34.7. The molecule has 120 valence electrons. The first-order valence-electron chi connectivity index (χ1n) is 6.41. The van der Waals surface area contributed by atoms with E-state index in [-0.39, 0.29) is 16.8 Å². The molecule has 1 aromatic carbocycles. The molecule has 1 heterocycles. The number of carbonyl (C=O) groups is 2. The highest BCUT2D eigenvalue weighted by Gasteiger charge is 2.18. The van der Waals surface area contributed by atoms with Crippen LogP contribution in [-0.4, -0.2) is 23.0 Å². The van der Waals surface area contributed by atoms with Gasteiger partial charge >= 0.3 is 0 Å². The van der Waals surface area contributed by atoms with Crippen LogP contribution in [0, 0.1) is 17.0 Å². The summed E-state index contributed by atoms with van der Waals surface area (Å²) < 4.78 is 4.99. The molecule has 2 aromatic rings. The van der Waals surface area contributed by atoms with Gasteiger partial charge in [0.1, 0.15) is 5.76 Å². The maximum absolute atomic E-state index is 12.0. The van der Waals surface area contributed by atoms with Gasteiger partial charge in [-0.15, -0.1) is 11.8 Å². The summed E-state index contributed by atoms with van der Waals surface area (Å²) in [6.45, 7) is 1.61. The first-order valence-corrected chi connectivity index (χ1v) is 7.63. The molecule has 8 nitrogen and oxygen atoms in total. The van der Waals surface area contributed by atoms with Crippen LogP contribution in [-0.2, 0) is 0 Å². The third-order valence-electron chi connectivity index (χ3n) is 3.03. The number of furan rings is 1. The SMILES string of the molecule is CSc1ccc(C(=O)NNC(=O)c2ccoc2C)cc1[N+](=O)[O-]. The monoisotopic (exact) mass is 335 g/mol. The van der Waals surface area contributed by atoms with Crippen molar-refractivity contribution in [1.29, 1.82) is 0 Å². The van der Waals surface area contributed by atoms with Crippen molar-refractivity contribution >= 4 is 29.3 Å². The molecule has 0 fully saturated rings. The zero-order chi connectivity index (χ0) is 17.0. The van der Waals surface area contributed by atoms with Crippen LogP contribution in [0.15, 0.2) is 39.8 Å². The lowest BCUT2D eigenvalue weighted by molar-refractivity contribution is -0.387. The van der Waals surface area contributed by atoms with Gasteiger partial charge in [0, 0.05) is 11.6 Å². The van der Waals surface area contributed by atoms with Gasteiger partial charge in [-0.05, 0) is 31.4 Å². The molecule has 0 bridgehead atoms. The number of nitrogens with zero attached hydrogens (tertiary/aromatic N) is 1. The number of nitrogens with one attached hydrogen (secondary N) is 2. The van der Waals surface area contributed by atoms with Gasteiger partial charge < -0.3 is 4.42 Å². The number of hydrogen-bond donors (Lipinski definition) is 2. The van der Waals surface area contributed by atoms with Gasteiger partial charge in [-0.1, -0.05) is 0 Å². The molecule has 0 aliphatic carbocycles. The van der Waals surface area contributed by atoms with E-state index in [2.05, 4.69) is 10.9 Å². The Morgan fingerprint density at radius 2 is 1.91 bits per heavy atom. The minimum absolute atomic E-state index is 0.0683. The minimum Gasteiger partial charge on any atom is -0.469 e. The topological polar surface area (TPSA) is 114 Å². The molecule has 0 spiro atoms. The van der Waals surface area contributed by atoms with E-state index in [9.17, 15) is 19.7 Å². The van der Waals surface area contributed by atoms with Gasteiger partial charge in [0.2, 0.25) is 0 Å². The number of rotatable bonds is 4. The lowest BCUT2D eigenvalue weighted by Crippen LogP contribution is -2.41. The molecule has 2 rings (SSSR count). The van der Waals surface area contributed by atoms with Crippen molar-refractivity contribution in [2.75, 3.05) is 6.26 Å². The van der Waals surface area contributed by atoms with E-state index in [0.717, 1.165) is 6.07 Å². The number of carbonyl (C=O) groups excluding carboxylic acids is 2. The van der Waals surface area contributed by atoms with Crippen LogP contribution in [0.5, 0.6) is 0 Å². The van der Waals surface area contributed by atoms with Crippen LogP contribution in [0.25, 0.3) is 0 Å². The van der Waals surface area contributed by atoms with Gasteiger partial charge in [0.25, 0.3) is 17.5 Å². The molecule has 0 atom stereocenters. The molecule has 0 aliphatic heterocycles. The number of benzene rings is 1. The first-order chi connectivity index (χ1) is 10.9. The number of amides is 2. The van der Waals surface area contributed by atoms with Crippen LogP contribution in [0.4, 0.5) is 5.69 Å². The summed E-state index contributed by atoms with van der Waals surface area (Å²) >= 11 is 1.21. The summed E-state index contributed by atoms with van der Waals surface area (Å²) in [6, 6.07) is 5.56. The van der Waals surface area contributed by atoms with Gasteiger partial charge in [0.05, 0.1) is 21.6 Å². The van der Waals surface area contributed by atoms with Crippen LogP contribution >= 0.6 is 11.8 Å². The normalized spacial score (nSPS) is 10.2. The van der Waals surface area contributed by atoms with Crippen LogP contribution in [0.3, 0.4) is 0 Å². The van der Waals surface area contributed by atoms with Crippen LogP contribution < -0.4 is 10.9 Å². The Hall–Kier alpha value is -2.81. The number of hydrogen-bond acceptors (Lipinski definition) is 6. The van der Waals surface area contributed by atoms with E-state index in [1.165, 1.54) is 36.2 Å². The van der Waals surface area contributed by atoms with Crippen molar-refractivity contribution in [3.8, 4) is 0 Å². The third kappa shape index (κ3) is 3.69. The fourth-order valence-corrected chi connectivity index (χ4v) is 2.39. The van der Waals surface area contributed by atoms with E-state index in [4.69, 9.17) is 4.42 Å². The Labute approximate surface area is 135 Å². The average Bonchev–Trinajstić information content (AvgIpc) is 2.97. The van der Waals surface area contributed by atoms with E-state index in [0.29, 0.717) is 10.7 Å². The highest BCUT2D eigenvalue weighted by atomic mass is 32.2. The molecule has 9 heteroatoms. The number of aryl methyl sites for hydroxylation is 1. The largest absolute Gasteiger partial charge is 0.469 e. The van der Waals surface area contributed by atoms with Crippen LogP contribution in [0.2, 0.25) is 0 Å². The van der Waals surface area contributed by atoms with Gasteiger partial charge in [-0.25, -0.2) is 0 Å². The molecular formula is C14H13N3O5S. The molecule has 23 heavy (non-hydrogen) atoms.